The van der Waals surface area contributed by atoms with Crippen LogP contribution in [0.4, 0.5) is 17.1 Å². The third-order valence-corrected chi connectivity index (χ3v) is 10.1. The van der Waals surface area contributed by atoms with Crippen LogP contribution >= 0.6 is 0 Å². The lowest BCUT2D eigenvalue weighted by molar-refractivity contribution is 1.28. The van der Waals surface area contributed by atoms with E-state index in [1.54, 1.807) is 0 Å². The second kappa shape index (κ2) is 14.3. The molecule has 0 bridgehead atoms. The number of hydrogen-bond donors (Lipinski definition) is 0. The van der Waals surface area contributed by atoms with Crippen LogP contribution in [0.2, 0.25) is 0 Å². The lowest BCUT2D eigenvalue weighted by Crippen LogP contribution is -2.11. The predicted molar refractivity (Wildman–Crippen MR) is 226 cm³/mol. The zero-order valence-corrected chi connectivity index (χ0v) is 29.3. The first-order valence-corrected chi connectivity index (χ1v) is 18.2. The summed E-state index contributed by atoms with van der Waals surface area (Å²) in [7, 11) is 0. The number of rotatable bonds is 8. The molecule has 53 heavy (non-hydrogen) atoms. The maximum atomic E-state index is 2.40. The molecule has 0 amide bonds. The molecule has 0 spiro atoms. The van der Waals surface area contributed by atoms with Gasteiger partial charge in [-0.15, -0.1) is 0 Å². The summed E-state index contributed by atoms with van der Waals surface area (Å²) in [4.78, 5) is 2.40. The first-order chi connectivity index (χ1) is 26.3. The van der Waals surface area contributed by atoms with Gasteiger partial charge in [0.2, 0.25) is 0 Å². The summed E-state index contributed by atoms with van der Waals surface area (Å²) >= 11 is 0. The summed E-state index contributed by atoms with van der Waals surface area (Å²) in [6.07, 6.45) is 0. The smallest absolute Gasteiger partial charge is 0.0540 e. The van der Waals surface area contributed by atoms with E-state index in [2.05, 4.69) is 229 Å². The minimum absolute atomic E-state index is 1.09. The van der Waals surface area contributed by atoms with Crippen LogP contribution in [0.25, 0.3) is 66.4 Å². The highest BCUT2D eigenvalue weighted by Crippen LogP contribution is 2.44. The van der Waals surface area contributed by atoms with Gasteiger partial charge in [0.1, 0.15) is 0 Å². The fraction of sp³-hybridized carbons (Fsp3) is 0. The molecule has 0 N–H and O–H groups in total. The predicted octanol–water partition coefficient (Wildman–Crippen LogP) is 14.6. The maximum Gasteiger partial charge on any atom is 0.0540 e. The van der Waals surface area contributed by atoms with Crippen molar-refractivity contribution in [1.29, 1.82) is 0 Å². The van der Waals surface area contributed by atoms with E-state index in [0.29, 0.717) is 0 Å². The highest BCUT2D eigenvalue weighted by Gasteiger charge is 2.20. The fourth-order valence-electron chi connectivity index (χ4n) is 7.48. The molecule has 0 fully saturated rings. The highest BCUT2D eigenvalue weighted by molar-refractivity contribution is 5.98. The van der Waals surface area contributed by atoms with Crippen LogP contribution in [0.5, 0.6) is 0 Å². The topological polar surface area (TPSA) is 3.24 Å². The molecule has 0 radical (unpaired) electrons. The average molecular weight is 676 g/mol. The van der Waals surface area contributed by atoms with E-state index in [4.69, 9.17) is 0 Å². The van der Waals surface area contributed by atoms with Crippen LogP contribution in [0.1, 0.15) is 0 Å². The molecule has 9 aromatic rings. The maximum absolute atomic E-state index is 2.40. The lowest BCUT2D eigenvalue weighted by Gasteiger charge is -2.29. The summed E-state index contributed by atoms with van der Waals surface area (Å²) in [6.45, 7) is 0. The Hall–Kier alpha value is -6.96. The van der Waals surface area contributed by atoms with Gasteiger partial charge < -0.3 is 4.90 Å². The lowest BCUT2D eigenvalue weighted by atomic mass is 9.91. The van der Waals surface area contributed by atoms with Gasteiger partial charge in [-0.3, -0.25) is 0 Å². The molecule has 0 atom stereocenters. The molecule has 1 nitrogen and oxygen atoms in total. The SMILES string of the molecule is c1ccc(-c2ccc(N(c3ccc(-c4cccc5ccccc45)cc3)c3ccc(-c4ccccc4-c4ccccc4)cc3-c3ccccc3)cc2)cc1. The van der Waals surface area contributed by atoms with Crippen LogP contribution in [0.15, 0.2) is 224 Å². The van der Waals surface area contributed by atoms with Gasteiger partial charge in [0, 0.05) is 16.9 Å². The van der Waals surface area contributed by atoms with Crippen molar-refractivity contribution in [2.24, 2.45) is 0 Å². The van der Waals surface area contributed by atoms with Gasteiger partial charge in [-0.1, -0.05) is 188 Å². The monoisotopic (exact) mass is 675 g/mol. The Labute approximate surface area is 311 Å². The summed E-state index contributed by atoms with van der Waals surface area (Å²) in [5.74, 6) is 0. The summed E-state index contributed by atoms with van der Waals surface area (Å²) < 4.78 is 0. The first kappa shape index (κ1) is 32.0. The third kappa shape index (κ3) is 6.42. The normalized spacial score (nSPS) is 11.0. The number of hydrogen-bond acceptors (Lipinski definition) is 1. The van der Waals surface area contributed by atoms with Crippen molar-refractivity contribution in [3.8, 4) is 55.6 Å². The van der Waals surface area contributed by atoms with Gasteiger partial charge >= 0.3 is 0 Å². The van der Waals surface area contributed by atoms with Crippen molar-refractivity contribution < 1.29 is 0 Å². The minimum atomic E-state index is 1.09. The minimum Gasteiger partial charge on any atom is -0.310 e. The first-order valence-electron chi connectivity index (χ1n) is 18.2. The van der Waals surface area contributed by atoms with Crippen LogP contribution < -0.4 is 4.90 Å². The Morgan fingerprint density at radius 1 is 0.245 bits per heavy atom. The van der Waals surface area contributed by atoms with E-state index in [9.17, 15) is 0 Å². The zero-order valence-electron chi connectivity index (χ0n) is 29.3. The zero-order chi connectivity index (χ0) is 35.4. The molecule has 0 unspecified atom stereocenters. The van der Waals surface area contributed by atoms with Gasteiger partial charge in [-0.25, -0.2) is 0 Å². The number of benzene rings is 9. The summed E-state index contributed by atoms with van der Waals surface area (Å²) in [5, 5.41) is 2.50. The summed E-state index contributed by atoms with van der Waals surface area (Å²) in [6, 6.07) is 80.8. The molecular weight excluding hydrogens is 639 g/mol. The molecule has 9 rings (SSSR count). The second-order valence-corrected chi connectivity index (χ2v) is 13.3. The Morgan fingerprint density at radius 3 is 1.30 bits per heavy atom. The molecule has 0 aliphatic heterocycles. The standard InChI is InChI=1S/C52H37N/c1-4-15-38(16-5-1)39-27-32-45(33-28-39)53(46-34-29-43(30-35-46)49-26-14-22-41-21-10-11-23-47(41)49)52-36-31-44(37-51(52)42-19-8-3-9-20-42)50-25-13-12-24-48(50)40-17-6-2-7-18-40/h1-37H. The molecule has 0 saturated heterocycles. The van der Waals surface area contributed by atoms with Gasteiger partial charge in [-0.2, -0.15) is 0 Å². The van der Waals surface area contributed by atoms with Gasteiger partial charge in [0.25, 0.3) is 0 Å². The van der Waals surface area contributed by atoms with Crippen molar-refractivity contribution >= 4 is 27.8 Å². The van der Waals surface area contributed by atoms with Crippen molar-refractivity contribution in [3.63, 3.8) is 0 Å². The molecule has 0 saturated carbocycles. The second-order valence-electron chi connectivity index (χ2n) is 13.3. The van der Waals surface area contributed by atoms with Crippen LogP contribution in [0, 0.1) is 0 Å². The fourth-order valence-corrected chi connectivity index (χ4v) is 7.48. The van der Waals surface area contributed by atoms with Gasteiger partial charge in [0.05, 0.1) is 5.69 Å². The average Bonchev–Trinajstić information content (AvgIpc) is 3.25. The molecular formula is C52H37N. The number of nitrogens with zero attached hydrogens (tertiary/aromatic N) is 1. The van der Waals surface area contributed by atoms with Gasteiger partial charge in [-0.05, 0) is 97.2 Å². The van der Waals surface area contributed by atoms with E-state index in [1.807, 2.05) is 0 Å². The van der Waals surface area contributed by atoms with Crippen molar-refractivity contribution in [3.05, 3.63) is 224 Å². The molecule has 9 aromatic carbocycles. The highest BCUT2D eigenvalue weighted by atomic mass is 15.1. The molecule has 0 aromatic heterocycles. The van der Waals surface area contributed by atoms with E-state index >= 15 is 0 Å². The third-order valence-electron chi connectivity index (χ3n) is 10.1. The Kier molecular flexibility index (Phi) is 8.66. The van der Waals surface area contributed by atoms with Crippen molar-refractivity contribution in [2.75, 3.05) is 4.90 Å². The van der Waals surface area contributed by atoms with Crippen LogP contribution in [-0.4, -0.2) is 0 Å². The van der Waals surface area contributed by atoms with Crippen LogP contribution in [-0.2, 0) is 0 Å². The van der Waals surface area contributed by atoms with E-state index < -0.39 is 0 Å². The van der Waals surface area contributed by atoms with Crippen LogP contribution in [0.3, 0.4) is 0 Å². The Morgan fingerprint density at radius 2 is 0.660 bits per heavy atom. The Balaban J connectivity index is 1.21. The van der Waals surface area contributed by atoms with Crippen molar-refractivity contribution in [1.82, 2.24) is 0 Å². The number of fused-ring (bicyclic) bond motifs is 1. The molecule has 0 aliphatic rings. The largest absolute Gasteiger partial charge is 0.310 e. The Bertz CT molecular complexity index is 2620. The van der Waals surface area contributed by atoms with Crippen molar-refractivity contribution in [2.45, 2.75) is 0 Å². The molecule has 0 aliphatic carbocycles. The van der Waals surface area contributed by atoms with E-state index in [0.717, 1.165) is 22.6 Å². The quantitative estimate of drug-likeness (QED) is 0.155. The van der Waals surface area contributed by atoms with Gasteiger partial charge in [0.15, 0.2) is 0 Å². The van der Waals surface area contributed by atoms with E-state index in [-0.39, 0.29) is 0 Å². The summed E-state index contributed by atoms with van der Waals surface area (Å²) in [5.41, 5.74) is 15.3. The molecule has 1 heteroatoms. The van der Waals surface area contributed by atoms with E-state index in [1.165, 1.54) is 60.8 Å². The molecule has 250 valence electrons. The molecule has 0 heterocycles. The number of anilines is 3.